The number of benzene rings is 2. The van der Waals surface area contributed by atoms with E-state index in [1.165, 1.54) is 0 Å². The minimum Gasteiger partial charge on any atom is -0.368 e. The molecule has 4 amide bonds. The molecule has 1 saturated carbocycles. The molecule has 2 aliphatic rings. The van der Waals surface area contributed by atoms with E-state index in [9.17, 15) is 14.4 Å². The molecule has 0 radical (unpaired) electrons. The number of anilines is 3. The van der Waals surface area contributed by atoms with Crippen molar-refractivity contribution in [2.24, 2.45) is 5.92 Å². The van der Waals surface area contributed by atoms with E-state index < -0.39 is 6.03 Å². The van der Waals surface area contributed by atoms with Crippen LogP contribution in [0.3, 0.4) is 0 Å². The third-order valence-electron chi connectivity index (χ3n) is 5.86. The van der Waals surface area contributed by atoms with E-state index in [0.717, 1.165) is 37.2 Å². The molecule has 32 heavy (non-hydrogen) atoms. The van der Waals surface area contributed by atoms with Gasteiger partial charge in [0.25, 0.3) is 0 Å². The van der Waals surface area contributed by atoms with E-state index in [2.05, 4.69) is 33.0 Å². The van der Waals surface area contributed by atoms with Crippen LogP contribution in [0, 0.1) is 12.8 Å². The molecule has 8 nitrogen and oxygen atoms in total. The van der Waals surface area contributed by atoms with Gasteiger partial charge in [0.05, 0.1) is 6.54 Å². The number of aryl methyl sites for hydroxylation is 1. The summed E-state index contributed by atoms with van der Waals surface area (Å²) in [6.45, 7) is 4.59. The largest absolute Gasteiger partial charge is 0.368 e. The Bertz CT molecular complexity index is 982. The van der Waals surface area contributed by atoms with Gasteiger partial charge < -0.3 is 25.8 Å². The summed E-state index contributed by atoms with van der Waals surface area (Å²) in [6, 6.07) is 15.1. The summed E-state index contributed by atoms with van der Waals surface area (Å²) in [6.07, 6.45) is 1.86. The standard InChI is InChI=1S/C24H29N5O3/c1-17-7-10-19(26-23(31)18-8-9-18)15-21(17)27-24(32)25-16-22(30)29-13-11-28(12-14-29)20-5-3-2-4-6-20/h2-7,10,15,18H,8-9,11-14,16H2,1H3,(H,26,31)(H2,25,27,32). The first kappa shape index (κ1) is 21.7. The maximum atomic E-state index is 12.5. The summed E-state index contributed by atoms with van der Waals surface area (Å²) in [7, 11) is 0. The lowest BCUT2D eigenvalue weighted by Crippen LogP contribution is -2.51. The first-order chi connectivity index (χ1) is 15.5. The minimum absolute atomic E-state index is 0.0159. The number of carbonyl (C=O) groups excluding carboxylic acids is 3. The Hall–Kier alpha value is -3.55. The molecule has 0 unspecified atom stereocenters. The molecule has 2 aromatic rings. The third kappa shape index (κ3) is 5.57. The van der Waals surface area contributed by atoms with Crippen LogP contribution in [0.5, 0.6) is 0 Å². The van der Waals surface area contributed by atoms with E-state index in [1.54, 1.807) is 11.0 Å². The predicted molar refractivity (Wildman–Crippen MR) is 125 cm³/mol. The fraction of sp³-hybridized carbons (Fsp3) is 0.375. The number of amides is 4. The van der Waals surface area contributed by atoms with Crippen molar-refractivity contribution in [3.05, 3.63) is 54.1 Å². The normalized spacial score (nSPS) is 15.8. The van der Waals surface area contributed by atoms with Crippen molar-refractivity contribution in [3.8, 4) is 0 Å². The summed E-state index contributed by atoms with van der Waals surface area (Å²) in [4.78, 5) is 40.9. The van der Waals surface area contributed by atoms with Gasteiger partial charge in [-0.1, -0.05) is 24.3 Å². The second-order valence-electron chi connectivity index (χ2n) is 8.30. The lowest BCUT2D eigenvalue weighted by Gasteiger charge is -2.36. The highest BCUT2D eigenvalue weighted by Crippen LogP contribution is 2.30. The Morgan fingerprint density at radius 1 is 0.938 bits per heavy atom. The number of hydrogen-bond acceptors (Lipinski definition) is 4. The molecular weight excluding hydrogens is 406 g/mol. The minimum atomic E-state index is -0.449. The van der Waals surface area contributed by atoms with Gasteiger partial charge in [-0.15, -0.1) is 0 Å². The zero-order valence-electron chi connectivity index (χ0n) is 18.3. The Kier molecular flexibility index (Phi) is 6.58. The predicted octanol–water partition coefficient (Wildman–Crippen LogP) is 2.81. The third-order valence-corrected chi connectivity index (χ3v) is 5.86. The summed E-state index contributed by atoms with van der Waals surface area (Å²) in [5.41, 5.74) is 3.27. The van der Waals surface area contributed by atoms with Gasteiger partial charge in [0.1, 0.15) is 0 Å². The molecule has 0 atom stereocenters. The second kappa shape index (κ2) is 9.72. The molecule has 1 aliphatic heterocycles. The van der Waals surface area contributed by atoms with Crippen LogP contribution >= 0.6 is 0 Å². The summed E-state index contributed by atoms with van der Waals surface area (Å²) in [5, 5.41) is 8.30. The zero-order chi connectivity index (χ0) is 22.5. The number of piperazine rings is 1. The molecule has 0 aromatic heterocycles. The summed E-state index contributed by atoms with van der Waals surface area (Å²) < 4.78 is 0. The Labute approximate surface area is 188 Å². The fourth-order valence-corrected chi connectivity index (χ4v) is 3.71. The van der Waals surface area contributed by atoms with Gasteiger partial charge in [0.2, 0.25) is 11.8 Å². The molecule has 3 N–H and O–H groups in total. The van der Waals surface area contributed by atoms with Gasteiger partial charge >= 0.3 is 6.03 Å². The maximum Gasteiger partial charge on any atom is 0.319 e. The Morgan fingerprint density at radius 3 is 2.34 bits per heavy atom. The van der Waals surface area contributed by atoms with E-state index in [1.807, 2.05) is 37.3 Å². The summed E-state index contributed by atoms with van der Waals surface area (Å²) in [5.74, 6) is 0.0221. The van der Waals surface area contributed by atoms with Gasteiger partial charge in [-0.3, -0.25) is 9.59 Å². The first-order valence-electron chi connectivity index (χ1n) is 11.0. The van der Waals surface area contributed by atoms with Crippen LogP contribution in [0.15, 0.2) is 48.5 Å². The lowest BCUT2D eigenvalue weighted by molar-refractivity contribution is -0.130. The van der Waals surface area contributed by atoms with Gasteiger partial charge in [0.15, 0.2) is 0 Å². The van der Waals surface area contributed by atoms with E-state index in [0.29, 0.717) is 24.5 Å². The lowest BCUT2D eigenvalue weighted by atomic mass is 10.1. The van der Waals surface area contributed by atoms with Gasteiger partial charge in [-0.25, -0.2) is 4.79 Å². The number of hydrogen-bond donors (Lipinski definition) is 3. The van der Waals surface area contributed by atoms with Gasteiger partial charge in [0, 0.05) is 49.2 Å². The van der Waals surface area contributed by atoms with Crippen LogP contribution < -0.4 is 20.9 Å². The molecule has 1 saturated heterocycles. The quantitative estimate of drug-likeness (QED) is 0.650. The SMILES string of the molecule is Cc1ccc(NC(=O)C2CC2)cc1NC(=O)NCC(=O)N1CCN(c2ccccc2)CC1. The number of nitrogens with zero attached hydrogens (tertiary/aromatic N) is 2. The van der Waals surface area contributed by atoms with Crippen molar-refractivity contribution in [2.75, 3.05) is 48.3 Å². The molecule has 8 heteroatoms. The number of urea groups is 1. The van der Waals surface area contributed by atoms with Crippen molar-refractivity contribution >= 4 is 34.9 Å². The highest BCUT2D eigenvalue weighted by atomic mass is 16.2. The number of para-hydroxylation sites is 1. The smallest absolute Gasteiger partial charge is 0.319 e. The van der Waals surface area contributed by atoms with Crippen molar-refractivity contribution < 1.29 is 14.4 Å². The molecule has 2 fully saturated rings. The van der Waals surface area contributed by atoms with Crippen LogP contribution in [-0.2, 0) is 9.59 Å². The Balaban J connectivity index is 1.23. The number of carbonyl (C=O) groups is 3. The van der Waals surface area contributed by atoms with Crippen molar-refractivity contribution in [1.29, 1.82) is 0 Å². The average Bonchev–Trinajstić information content (AvgIpc) is 3.66. The van der Waals surface area contributed by atoms with Gasteiger partial charge in [-0.05, 0) is 49.6 Å². The number of nitrogens with one attached hydrogen (secondary N) is 3. The van der Waals surface area contributed by atoms with Crippen LogP contribution in [-0.4, -0.2) is 55.5 Å². The second-order valence-corrected chi connectivity index (χ2v) is 8.30. The molecule has 0 spiro atoms. The van der Waals surface area contributed by atoms with Crippen LogP contribution in [0.1, 0.15) is 18.4 Å². The van der Waals surface area contributed by atoms with E-state index >= 15 is 0 Å². The first-order valence-corrected chi connectivity index (χ1v) is 11.0. The fourth-order valence-electron chi connectivity index (χ4n) is 3.71. The average molecular weight is 436 g/mol. The van der Waals surface area contributed by atoms with E-state index in [4.69, 9.17) is 0 Å². The van der Waals surface area contributed by atoms with Crippen molar-refractivity contribution in [1.82, 2.24) is 10.2 Å². The van der Waals surface area contributed by atoms with Crippen LogP contribution in [0.4, 0.5) is 21.9 Å². The highest BCUT2D eigenvalue weighted by molar-refractivity contribution is 5.96. The maximum absolute atomic E-state index is 12.5. The van der Waals surface area contributed by atoms with Crippen LogP contribution in [0.25, 0.3) is 0 Å². The molecule has 2 aromatic carbocycles. The van der Waals surface area contributed by atoms with E-state index in [-0.39, 0.29) is 24.3 Å². The topological polar surface area (TPSA) is 93.8 Å². The molecule has 4 rings (SSSR count). The zero-order valence-corrected chi connectivity index (χ0v) is 18.3. The van der Waals surface area contributed by atoms with Gasteiger partial charge in [-0.2, -0.15) is 0 Å². The number of rotatable bonds is 6. The van der Waals surface area contributed by atoms with Crippen molar-refractivity contribution in [2.45, 2.75) is 19.8 Å². The molecule has 1 aliphatic carbocycles. The molecule has 1 heterocycles. The monoisotopic (exact) mass is 435 g/mol. The summed E-state index contributed by atoms with van der Waals surface area (Å²) >= 11 is 0. The Morgan fingerprint density at radius 2 is 1.66 bits per heavy atom. The highest BCUT2D eigenvalue weighted by Gasteiger charge is 2.29. The van der Waals surface area contributed by atoms with Crippen LogP contribution in [0.2, 0.25) is 0 Å². The molecular formula is C24H29N5O3. The molecule has 168 valence electrons. The van der Waals surface area contributed by atoms with Crippen molar-refractivity contribution in [3.63, 3.8) is 0 Å². The molecule has 0 bridgehead atoms.